The lowest BCUT2D eigenvalue weighted by atomic mass is 9.97. The summed E-state index contributed by atoms with van der Waals surface area (Å²) < 4.78 is 6.17. The molecule has 0 spiro atoms. The first-order chi connectivity index (χ1) is 12.3. The number of ether oxygens (including phenoxy) is 1. The van der Waals surface area contributed by atoms with Crippen LogP contribution in [0.5, 0.6) is 5.75 Å². The fourth-order valence-corrected chi connectivity index (χ4v) is 3.52. The molecule has 1 fully saturated rings. The van der Waals surface area contributed by atoms with Gasteiger partial charge in [0.1, 0.15) is 5.75 Å². The summed E-state index contributed by atoms with van der Waals surface area (Å²) >= 11 is 0. The number of anilines is 1. The molecule has 1 N–H and O–H groups in total. The summed E-state index contributed by atoms with van der Waals surface area (Å²) in [5.74, 6) is 1.43. The fraction of sp³-hybridized carbons (Fsp3) is 0.455. The molecule has 0 aromatic heterocycles. The number of hydrogen-bond donors (Lipinski definition) is 1. The number of nitrogens with zero attached hydrogens (tertiary/aromatic N) is 1. The lowest BCUT2D eigenvalue weighted by molar-refractivity contribution is 0.284. The van der Waals surface area contributed by atoms with E-state index in [1.165, 1.54) is 16.8 Å². The van der Waals surface area contributed by atoms with Crippen LogP contribution in [0.4, 0.5) is 5.69 Å². The molecule has 1 aliphatic rings. The number of rotatable bonds is 7. The smallest absolute Gasteiger partial charge is 0.119 e. The van der Waals surface area contributed by atoms with Crippen LogP contribution in [0.1, 0.15) is 37.3 Å². The first kappa shape index (κ1) is 20.6. The highest BCUT2D eigenvalue weighted by molar-refractivity contribution is 5.85. The van der Waals surface area contributed by atoms with Gasteiger partial charge in [-0.25, -0.2) is 0 Å². The molecule has 26 heavy (non-hydrogen) atoms. The van der Waals surface area contributed by atoms with Crippen LogP contribution in [0.2, 0.25) is 0 Å². The second kappa shape index (κ2) is 10.4. The van der Waals surface area contributed by atoms with Crippen molar-refractivity contribution >= 4 is 18.1 Å². The van der Waals surface area contributed by atoms with Crippen LogP contribution >= 0.6 is 12.4 Å². The van der Waals surface area contributed by atoms with E-state index in [9.17, 15) is 0 Å². The van der Waals surface area contributed by atoms with Crippen LogP contribution in [0.15, 0.2) is 48.5 Å². The first-order valence-electron chi connectivity index (χ1n) is 9.58. The van der Waals surface area contributed by atoms with Crippen molar-refractivity contribution in [1.29, 1.82) is 0 Å². The molecule has 2 aromatic carbocycles. The van der Waals surface area contributed by atoms with Gasteiger partial charge in [-0.2, -0.15) is 0 Å². The molecule has 142 valence electrons. The monoisotopic (exact) mass is 374 g/mol. The second-order valence-corrected chi connectivity index (χ2v) is 6.71. The average Bonchev–Trinajstić information content (AvgIpc) is 2.70. The van der Waals surface area contributed by atoms with Gasteiger partial charge in [0.15, 0.2) is 0 Å². The number of halogens is 1. The van der Waals surface area contributed by atoms with Crippen molar-refractivity contribution in [3.05, 3.63) is 59.7 Å². The largest absolute Gasteiger partial charge is 0.493 e. The van der Waals surface area contributed by atoms with Crippen molar-refractivity contribution in [2.24, 2.45) is 0 Å². The third-order valence-corrected chi connectivity index (χ3v) is 5.10. The molecule has 1 atom stereocenters. The summed E-state index contributed by atoms with van der Waals surface area (Å²) in [4.78, 5) is 2.48. The number of aryl methyl sites for hydroxylation is 1. The first-order valence-corrected chi connectivity index (χ1v) is 9.58. The van der Waals surface area contributed by atoms with E-state index in [2.05, 4.69) is 72.6 Å². The summed E-state index contributed by atoms with van der Waals surface area (Å²) in [7, 11) is 0. The van der Waals surface area contributed by atoms with Gasteiger partial charge in [0.2, 0.25) is 0 Å². The number of benzene rings is 2. The standard InChI is InChI=1S/C22H30N2O.ClH/c1-3-18-16-21(10-11-22(18)24-14-12-23-13-15-24)25-17-19(4-2)20-8-6-5-7-9-20;/h5-11,16,19,23H,3-4,12-15,17H2,1-2H3;1H. The van der Waals surface area contributed by atoms with E-state index < -0.39 is 0 Å². The predicted octanol–water partition coefficient (Wildman–Crippen LogP) is 4.65. The maximum atomic E-state index is 6.17. The highest BCUT2D eigenvalue weighted by Gasteiger charge is 2.15. The zero-order valence-electron chi connectivity index (χ0n) is 15.9. The minimum Gasteiger partial charge on any atom is -0.493 e. The summed E-state index contributed by atoms with van der Waals surface area (Å²) in [5.41, 5.74) is 4.11. The van der Waals surface area contributed by atoms with Gasteiger partial charge in [-0.3, -0.25) is 0 Å². The van der Waals surface area contributed by atoms with Gasteiger partial charge in [-0.15, -0.1) is 12.4 Å². The van der Waals surface area contributed by atoms with E-state index >= 15 is 0 Å². The quantitative estimate of drug-likeness (QED) is 0.763. The molecule has 3 rings (SSSR count). The van der Waals surface area contributed by atoms with E-state index in [1.54, 1.807) is 0 Å². The van der Waals surface area contributed by atoms with Crippen molar-refractivity contribution in [1.82, 2.24) is 5.32 Å². The predicted molar refractivity (Wildman–Crippen MR) is 113 cm³/mol. The third-order valence-electron chi connectivity index (χ3n) is 5.10. The van der Waals surface area contributed by atoms with Crippen molar-refractivity contribution in [2.75, 3.05) is 37.7 Å². The van der Waals surface area contributed by atoms with Crippen molar-refractivity contribution in [2.45, 2.75) is 32.6 Å². The minimum absolute atomic E-state index is 0. The van der Waals surface area contributed by atoms with Gasteiger partial charge in [0.05, 0.1) is 6.61 Å². The van der Waals surface area contributed by atoms with Gasteiger partial charge in [0, 0.05) is 37.8 Å². The Morgan fingerprint density at radius 3 is 2.42 bits per heavy atom. The maximum absolute atomic E-state index is 6.17. The Bertz CT molecular complexity index is 656. The van der Waals surface area contributed by atoms with Gasteiger partial charge in [-0.05, 0) is 42.2 Å². The van der Waals surface area contributed by atoms with E-state index in [0.717, 1.165) is 51.4 Å². The van der Waals surface area contributed by atoms with Gasteiger partial charge < -0.3 is 15.0 Å². The normalized spacial score (nSPS) is 15.2. The Hall–Kier alpha value is -1.71. The maximum Gasteiger partial charge on any atom is 0.119 e. The van der Waals surface area contributed by atoms with E-state index in [4.69, 9.17) is 4.74 Å². The molecule has 3 nitrogen and oxygen atoms in total. The zero-order valence-corrected chi connectivity index (χ0v) is 16.7. The van der Waals surface area contributed by atoms with Crippen LogP contribution < -0.4 is 15.0 Å². The summed E-state index contributed by atoms with van der Waals surface area (Å²) in [6.07, 6.45) is 2.12. The lowest BCUT2D eigenvalue weighted by Crippen LogP contribution is -2.43. The number of piperazine rings is 1. The van der Waals surface area contributed by atoms with E-state index in [0.29, 0.717) is 5.92 Å². The lowest BCUT2D eigenvalue weighted by Gasteiger charge is -2.31. The Morgan fingerprint density at radius 1 is 1.04 bits per heavy atom. The third kappa shape index (κ3) is 5.15. The highest BCUT2D eigenvalue weighted by Crippen LogP contribution is 2.28. The van der Waals surface area contributed by atoms with Crippen molar-refractivity contribution in [3.8, 4) is 5.75 Å². The van der Waals surface area contributed by atoms with Crippen LogP contribution in [-0.2, 0) is 6.42 Å². The van der Waals surface area contributed by atoms with Crippen LogP contribution in [0.25, 0.3) is 0 Å². The van der Waals surface area contributed by atoms with Gasteiger partial charge in [0.25, 0.3) is 0 Å². The summed E-state index contributed by atoms with van der Waals surface area (Å²) in [6.45, 7) is 9.48. The van der Waals surface area contributed by atoms with Crippen LogP contribution in [-0.4, -0.2) is 32.8 Å². The number of nitrogens with one attached hydrogen (secondary N) is 1. The fourth-order valence-electron chi connectivity index (χ4n) is 3.52. The molecule has 1 unspecified atom stereocenters. The SMILES string of the molecule is CCc1cc(OCC(CC)c2ccccc2)ccc1N1CCNCC1.Cl. The molecular weight excluding hydrogens is 344 g/mol. The summed E-state index contributed by atoms with van der Waals surface area (Å²) in [6, 6.07) is 17.3. The van der Waals surface area contributed by atoms with Gasteiger partial charge >= 0.3 is 0 Å². The molecule has 1 saturated heterocycles. The van der Waals surface area contributed by atoms with Crippen molar-refractivity contribution < 1.29 is 4.74 Å². The minimum atomic E-state index is 0. The molecule has 2 aromatic rings. The number of hydrogen-bond acceptors (Lipinski definition) is 3. The molecule has 0 amide bonds. The highest BCUT2D eigenvalue weighted by atomic mass is 35.5. The van der Waals surface area contributed by atoms with Crippen LogP contribution in [0.3, 0.4) is 0 Å². The second-order valence-electron chi connectivity index (χ2n) is 6.71. The van der Waals surface area contributed by atoms with Crippen LogP contribution in [0, 0.1) is 0 Å². The molecule has 0 aliphatic carbocycles. The topological polar surface area (TPSA) is 24.5 Å². The van der Waals surface area contributed by atoms with E-state index in [1.807, 2.05) is 0 Å². The Kier molecular flexibility index (Phi) is 8.27. The Morgan fingerprint density at radius 2 is 1.77 bits per heavy atom. The molecular formula is C22H31ClN2O. The molecule has 1 aliphatic heterocycles. The molecule has 1 heterocycles. The average molecular weight is 375 g/mol. The van der Waals surface area contributed by atoms with Gasteiger partial charge in [-0.1, -0.05) is 44.2 Å². The molecule has 0 bridgehead atoms. The molecule has 0 saturated carbocycles. The van der Waals surface area contributed by atoms with Crippen molar-refractivity contribution in [3.63, 3.8) is 0 Å². The molecule has 0 radical (unpaired) electrons. The zero-order chi connectivity index (χ0) is 17.5. The Labute approximate surface area is 164 Å². The Balaban J connectivity index is 0.00000243. The summed E-state index contributed by atoms with van der Waals surface area (Å²) in [5, 5.41) is 3.42. The van der Waals surface area contributed by atoms with E-state index in [-0.39, 0.29) is 12.4 Å². The molecule has 4 heteroatoms.